The summed E-state index contributed by atoms with van der Waals surface area (Å²) in [6, 6.07) is 0.284. The van der Waals surface area contributed by atoms with Gasteiger partial charge in [0, 0.05) is 30.3 Å². The van der Waals surface area contributed by atoms with Crippen molar-refractivity contribution in [1.82, 2.24) is 14.9 Å². The summed E-state index contributed by atoms with van der Waals surface area (Å²) in [5.41, 5.74) is 0.845. The van der Waals surface area contributed by atoms with E-state index in [1.54, 1.807) is 4.90 Å². The molecule has 7 heteroatoms. The number of aryl methyl sites for hydroxylation is 3. The maximum absolute atomic E-state index is 12.3. The highest BCUT2D eigenvalue weighted by Crippen LogP contribution is 2.28. The van der Waals surface area contributed by atoms with E-state index in [1.165, 1.54) is 11.3 Å². The first-order valence-electron chi connectivity index (χ1n) is 7.90. The minimum absolute atomic E-state index is 0.0165. The number of thiophene rings is 1. The van der Waals surface area contributed by atoms with Crippen LogP contribution in [0.4, 0.5) is 0 Å². The van der Waals surface area contributed by atoms with Crippen molar-refractivity contribution in [2.24, 2.45) is 0 Å². The highest BCUT2D eigenvalue weighted by molar-refractivity contribution is 7.18. The SMILES string of the molecule is Cc1sc2nc(CCC(=O)N(CCO)C3CC3)[nH]c(=O)c2c1C. The van der Waals surface area contributed by atoms with Crippen molar-refractivity contribution in [3.05, 3.63) is 26.6 Å². The van der Waals surface area contributed by atoms with Gasteiger partial charge in [0.2, 0.25) is 5.91 Å². The Morgan fingerprint density at radius 1 is 1.43 bits per heavy atom. The van der Waals surface area contributed by atoms with Crippen LogP contribution in [-0.4, -0.2) is 45.1 Å². The smallest absolute Gasteiger partial charge is 0.259 e. The van der Waals surface area contributed by atoms with Crippen LogP contribution in [0.2, 0.25) is 0 Å². The van der Waals surface area contributed by atoms with Gasteiger partial charge in [-0.15, -0.1) is 11.3 Å². The lowest BCUT2D eigenvalue weighted by Crippen LogP contribution is -2.35. The minimum atomic E-state index is -0.131. The molecule has 1 fully saturated rings. The minimum Gasteiger partial charge on any atom is -0.395 e. The van der Waals surface area contributed by atoms with E-state index in [0.29, 0.717) is 30.6 Å². The summed E-state index contributed by atoms with van der Waals surface area (Å²) in [6.07, 6.45) is 2.74. The van der Waals surface area contributed by atoms with E-state index in [2.05, 4.69) is 9.97 Å². The molecule has 23 heavy (non-hydrogen) atoms. The Kier molecular flexibility index (Phi) is 4.50. The van der Waals surface area contributed by atoms with E-state index in [9.17, 15) is 9.59 Å². The molecule has 2 aromatic heterocycles. The van der Waals surface area contributed by atoms with Crippen LogP contribution in [0.25, 0.3) is 10.2 Å². The summed E-state index contributed by atoms with van der Waals surface area (Å²) in [5.74, 6) is 0.569. The molecule has 2 heterocycles. The molecule has 0 aromatic carbocycles. The number of aromatic amines is 1. The average Bonchev–Trinajstić information content (AvgIpc) is 3.29. The Balaban J connectivity index is 1.74. The zero-order valence-electron chi connectivity index (χ0n) is 13.4. The fraction of sp³-hybridized carbons (Fsp3) is 0.562. The van der Waals surface area contributed by atoms with Crippen molar-refractivity contribution in [3.63, 3.8) is 0 Å². The number of nitrogens with zero attached hydrogens (tertiary/aromatic N) is 2. The fourth-order valence-electron chi connectivity index (χ4n) is 2.79. The van der Waals surface area contributed by atoms with E-state index in [1.807, 2.05) is 13.8 Å². The van der Waals surface area contributed by atoms with Crippen LogP contribution in [0.3, 0.4) is 0 Å². The van der Waals surface area contributed by atoms with E-state index in [0.717, 1.165) is 28.1 Å². The fourth-order valence-corrected chi connectivity index (χ4v) is 3.84. The van der Waals surface area contributed by atoms with Crippen LogP contribution < -0.4 is 5.56 Å². The Bertz CT molecular complexity index is 792. The number of carbonyl (C=O) groups is 1. The molecule has 0 radical (unpaired) electrons. The number of H-pyrrole nitrogens is 1. The molecule has 6 nitrogen and oxygen atoms in total. The highest BCUT2D eigenvalue weighted by Gasteiger charge is 2.31. The quantitative estimate of drug-likeness (QED) is 0.838. The molecule has 1 aliphatic rings. The van der Waals surface area contributed by atoms with Crippen LogP contribution >= 0.6 is 11.3 Å². The molecule has 1 aliphatic carbocycles. The zero-order chi connectivity index (χ0) is 16.6. The van der Waals surface area contributed by atoms with Gasteiger partial charge in [-0.25, -0.2) is 4.98 Å². The second kappa shape index (κ2) is 6.41. The lowest BCUT2D eigenvalue weighted by atomic mass is 10.2. The third kappa shape index (κ3) is 3.30. The molecular weight excluding hydrogens is 314 g/mol. The van der Waals surface area contributed by atoms with Crippen molar-refractivity contribution >= 4 is 27.5 Å². The van der Waals surface area contributed by atoms with Gasteiger partial charge in [-0.3, -0.25) is 9.59 Å². The monoisotopic (exact) mass is 335 g/mol. The molecule has 2 N–H and O–H groups in total. The second-order valence-corrected chi connectivity index (χ2v) is 7.22. The van der Waals surface area contributed by atoms with Crippen LogP contribution in [0, 0.1) is 13.8 Å². The van der Waals surface area contributed by atoms with Gasteiger partial charge in [0.15, 0.2) is 0 Å². The standard InChI is InChI=1S/C16H21N3O3S/c1-9-10(2)23-16-14(9)15(22)17-12(18-16)5-6-13(21)19(7-8-20)11-3-4-11/h11,20H,3-8H2,1-2H3,(H,17,18,22). The van der Waals surface area contributed by atoms with Gasteiger partial charge < -0.3 is 15.0 Å². The van der Waals surface area contributed by atoms with Crippen molar-refractivity contribution in [3.8, 4) is 0 Å². The topological polar surface area (TPSA) is 86.3 Å². The number of aliphatic hydroxyl groups is 1. The number of aliphatic hydroxyl groups excluding tert-OH is 1. The summed E-state index contributed by atoms with van der Waals surface area (Å²) < 4.78 is 0. The van der Waals surface area contributed by atoms with Crippen LogP contribution in [0.5, 0.6) is 0 Å². The first kappa shape index (κ1) is 16.1. The molecule has 0 bridgehead atoms. The van der Waals surface area contributed by atoms with Gasteiger partial charge in [-0.2, -0.15) is 0 Å². The maximum atomic E-state index is 12.3. The number of hydrogen-bond acceptors (Lipinski definition) is 5. The zero-order valence-corrected chi connectivity index (χ0v) is 14.2. The van der Waals surface area contributed by atoms with Gasteiger partial charge in [-0.1, -0.05) is 0 Å². The summed E-state index contributed by atoms with van der Waals surface area (Å²) >= 11 is 1.51. The summed E-state index contributed by atoms with van der Waals surface area (Å²) in [5, 5.41) is 9.73. The molecular formula is C16H21N3O3S. The summed E-state index contributed by atoms with van der Waals surface area (Å²) in [7, 11) is 0. The number of hydrogen-bond donors (Lipinski definition) is 2. The van der Waals surface area contributed by atoms with E-state index < -0.39 is 0 Å². The van der Waals surface area contributed by atoms with E-state index >= 15 is 0 Å². The summed E-state index contributed by atoms with van der Waals surface area (Å²) in [4.78, 5) is 35.4. The van der Waals surface area contributed by atoms with Gasteiger partial charge in [0.25, 0.3) is 5.56 Å². The van der Waals surface area contributed by atoms with Crippen molar-refractivity contribution in [2.45, 2.75) is 45.6 Å². The van der Waals surface area contributed by atoms with Crippen molar-refractivity contribution < 1.29 is 9.90 Å². The molecule has 0 spiro atoms. The van der Waals surface area contributed by atoms with Gasteiger partial charge in [-0.05, 0) is 32.3 Å². The summed E-state index contributed by atoms with van der Waals surface area (Å²) in [6.45, 7) is 4.27. The van der Waals surface area contributed by atoms with E-state index in [-0.39, 0.29) is 24.1 Å². The van der Waals surface area contributed by atoms with Gasteiger partial charge >= 0.3 is 0 Å². The number of amides is 1. The van der Waals surface area contributed by atoms with Gasteiger partial charge in [0.05, 0.1) is 12.0 Å². The molecule has 0 unspecified atom stereocenters. The van der Waals surface area contributed by atoms with Crippen LogP contribution in [-0.2, 0) is 11.2 Å². The predicted octanol–water partition coefficient (Wildman–Crippen LogP) is 1.52. The van der Waals surface area contributed by atoms with Gasteiger partial charge in [0.1, 0.15) is 10.7 Å². The molecule has 2 aromatic rings. The molecule has 0 aliphatic heterocycles. The Morgan fingerprint density at radius 2 is 2.17 bits per heavy atom. The Labute approximate surface area is 138 Å². The molecule has 1 saturated carbocycles. The predicted molar refractivity (Wildman–Crippen MR) is 89.9 cm³/mol. The number of carbonyl (C=O) groups excluding carboxylic acids is 1. The maximum Gasteiger partial charge on any atom is 0.259 e. The second-order valence-electron chi connectivity index (χ2n) is 6.02. The van der Waals surface area contributed by atoms with Crippen LogP contribution in [0.15, 0.2) is 4.79 Å². The third-order valence-electron chi connectivity index (χ3n) is 4.31. The number of aromatic nitrogens is 2. The molecule has 3 rings (SSSR count). The third-order valence-corrected chi connectivity index (χ3v) is 5.41. The number of fused-ring (bicyclic) bond motifs is 1. The molecule has 124 valence electrons. The van der Waals surface area contributed by atoms with Crippen molar-refractivity contribution in [2.75, 3.05) is 13.2 Å². The first-order valence-corrected chi connectivity index (χ1v) is 8.72. The van der Waals surface area contributed by atoms with Crippen molar-refractivity contribution in [1.29, 1.82) is 0 Å². The Morgan fingerprint density at radius 3 is 2.83 bits per heavy atom. The largest absolute Gasteiger partial charge is 0.395 e. The Hall–Kier alpha value is -1.73. The number of rotatable bonds is 6. The highest BCUT2D eigenvalue weighted by atomic mass is 32.1. The average molecular weight is 335 g/mol. The normalized spacial score (nSPS) is 14.4. The molecule has 0 saturated heterocycles. The molecule has 1 amide bonds. The molecule has 0 atom stereocenters. The lowest BCUT2D eigenvalue weighted by molar-refractivity contribution is -0.132. The van der Waals surface area contributed by atoms with Crippen LogP contribution in [0.1, 0.15) is 35.5 Å². The van der Waals surface area contributed by atoms with E-state index in [4.69, 9.17) is 5.11 Å². The first-order chi connectivity index (χ1) is 11.0. The lowest BCUT2D eigenvalue weighted by Gasteiger charge is -2.21. The number of nitrogens with one attached hydrogen (secondary N) is 1.